The number of hydrogen-bond acceptors (Lipinski definition) is 2. The maximum absolute atomic E-state index is 12.8. The van der Waals surface area contributed by atoms with Gasteiger partial charge in [0.2, 0.25) is 0 Å². The van der Waals surface area contributed by atoms with Crippen LogP contribution >= 0.6 is 15.9 Å². The van der Waals surface area contributed by atoms with Gasteiger partial charge in [0.1, 0.15) is 0 Å². The molecule has 0 heterocycles. The number of ether oxygens (including phenoxy) is 1. The molecule has 2 nitrogen and oxygen atoms in total. The van der Waals surface area contributed by atoms with Crippen molar-refractivity contribution in [1.29, 1.82) is 0 Å². The number of rotatable bonds is 7. The average molecular weight is 340 g/mol. The van der Waals surface area contributed by atoms with Crippen LogP contribution in [0.5, 0.6) is 0 Å². The summed E-state index contributed by atoms with van der Waals surface area (Å²) in [7, 11) is 0. The van der Waals surface area contributed by atoms with Crippen LogP contribution < -0.4 is 5.32 Å². The fourth-order valence-corrected chi connectivity index (χ4v) is 1.91. The van der Waals surface area contributed by atoms with Crippen LogP contribution in [0.2, 0.25) is 0 Å². The molecule has 0 aliphatic heterocycles. The zero-order chi connectivity index (χ0) is 14.3. The molecule has 1 rings (SSSR count). The Morgan fingerprint density at radius 1 is 1.26 bits per heavy atom. The van der Waals surface area contributed by atoms with Gasteiger partial charge in [-0.05, 0) is 31.0 Å². The Labute approximate surface area is 119 Å². The van der Waals surface area contributed by atoms with Gasteiger partial charge in [-0.3, -0.25) is 0 Å². The van der Waals surface area contributed by atoms with Gasteiger partial charge >= 0.3 is 6.18 Å². The fourth-order valence-electron chi connectivity index (χ4n) is 1.55. The molecule has 0 aromatic heterocycles. The molecular formula is C13H17BrF3NO. The Balaban J connectivity index is 2.54. The molecule has 19 heavy (non-hydrogen) atoms. The second-order valence-corrected chi connectivity index (χ2v) is 5.00. The van der Waals surface area contributed by atoms with Gasteiger partial charge in [-0.25, -0.2) is 0 Å². The predicted octanol–water partition coefficient (Wildman–Crippen LogP) is 4.70. The Hall–Kier alpha value is -0.750. The molecule has 1 N–H and O–H groups in total. The van der Waals surface area contributed by atoms with E-state index in [9.17, 15) is 13.2 Å². The third kappa shape index (κ3) is 5.82. The van der Waals surface area contributed by atoms with E-state index in [1.807, 2.05) is 6.92 Å². The summed E-state index contributed by atoms with van der Waals surface area (Å²) in [5.41, 5.74) is -0.553. The van der Waals surface area contributed by atoms with Crippen LogP contribution in [0.4, 0.5) is 18.9 Å². The van der Waals surface area contributed by atoms with Gasteiger partial charge in [-0.1, -0.05) is 22.9 Å². The first-order valence-corrected chi connectivity index (χ1v) is 6.92. The molecule has 0 aliphatic rings. The van der Waals surface area contributed by atoms with E-state index in [0.29, 0.717) is 30.7 Å². The summed E-state index contributed by atoms with van der Waals surface area (Å²) < 4.78 is 44.2. The molecule has 0 unspecified atom stereocenters. The molecule has 0 saturated carbocycles. The zero-order valence-corrected chi connectivity index (χ0v) is 12.3. The number of anilines is 1. The quantitative estimate of drug-likeness (QED) is 0.727. The highest BCUT2D eigenvalue weighted by molar-refractivity contribution is 9.10. The number of nitrogens with one attached hydrogen (secondary N) is 1. The van der Waals surface area contributed by atoms with E-state index in [4.69, 9.17) is 4.74 Å². The predicted molar refractivity (Wildman–Crippen MR) is 73.4 cm³/mol. The number of hydrogen-bond donors (Lipinski definition) is 1. The Morgan fingerprint density at radius 2 is 2.00 bits per heavy atom. The smallest absolute Gasteiger partial charge is 0.384 e. The molecule has 1 aromatic carbocycles. The highest BCUT2D eigenvalue weighted by Gasteiger charge is 2.33. The fraction of sp³-hybridized carbons (Fsp3) is 0.538. The van der Waals surface area contributed by atoms with E-state index in [0.717, 1.165) is 12.5 Å². The van der Waals surface area contributed by atoms with Gasteiger partial charge in [-0.2, -0.15) is 13.2 Å². The van der Waals surface area contributed by atoms with Crippen LogP contribution in [0, 0.1) is 0 Å². The van der Waals surface area contributed by atoms with Crippen molar-refractivity contribution in [3.63, 3.8) is 0 Å². The summed E-state index contributed by atoms with van der Waals surface area (Å²) in [6.07, 6.45) is -2.73. The van der Waals surface area contributed by atoms with Crippen LogP contribution in [-0.2, 0) is 10.9 Å². The van der Waals surface area contributed by atoms with Crippen molar-refractivity contribution in [2.24, 2.45) is 0 Å². The van der Waals surface area contributed by atoms with Crippen molar-refractivity contribution in [2.45, 2.75) is 25.9 Å². The molecule has 0 atom stereocenters. The maximum Gasteiger partial charge on any atom is 0.418 e. The first-order chi connectivity index (χ1) is 8.95. The van der Waals surface area contributed by atoms with Crippen LogP contribution in [0.15, 0.2) is 22.7 Å². The van der Waals surface area contributed by atoms with E-state index < -0.39 is 11.7 Å². The van der Waals surface area contributed by atoms with Gasteiger partial charge in [0, 0.05) is 29.9 Å². The minimum atomic E-state index is -4.35. The van der Waals surface area contributed by atoms with Gasteiger partial charge in [0.25, 0.3) is 0 Å². The lowest BCUT2D eigenvalue weighted by molar-refractivity contribution is -0.136. The topological polar surface area (TPSA) is 21.3 Å². The maximum atomic E-state index is 12.8. The molecule has 0 spiro atoms. The van der Waals surface area contributed by atoms with Crippen molar-refractivity contribution in [3.8, 4) is 0 Å². The summed E-state index contributed by atoms with van der Waals surface area (Å²) in [4.78, 5) is 0. The summed E-state index contributed by atoms with van der Waals surface area (Å²) in [6.45, 7) is 3.69. The van der Waals surface area contributed by atoms with Crippen molar-refractivity contribution in [3.05, 3.63) is 28.2 Å². The van der Waals surface area contributed by atoms with Crippen LogP contribution in [-0.4, -0.2) is 19.8 Å². The number of halogens is 4. The first kappa shape index (κ1) is 16.3. The molecular weight excluding hydrogens is 323 g/mol. The average Bonchev–Trinajstić information content (AvgIpc) is 2.32. The summed E-state index contributed by atoms with van der Waals surface area (Å²) in [5, 5.41) is 2.81. The van der Waals surface area contributed by atoms with E-state index in [1.165, 1.54) is 12.1 Å². The Morgan fingerprint density at radius 3 is 2.63 bits per heavy atom. The van der Waals surface area contributed by atoms with Crippen molar-refractivity contribution in [2.75, 3.05) is 25.1 Å². The van der Waals surface area contributed by atoms with Gasteiger partial charge in [0.15, 0.2) is 0 Å². The molecule has 0 saturated heterocycles. The van der Waals surface area contributed by atoms with Gasteiger partial charge in [0.05, 0.1) is 5.56 Å². The van der Waals surface area contributed by atoms with E-state index in [2.05, 4.69) is 21.2 Å². The Kier molecular flexibility index (Phi) is 6.65. The molecule has 0 bridgehead atoms. The molecule has 0 aliphatic carbocycles. The van der Waals surface area contributed by atoms with Crippen molar-refractivity contribution < 1.29 is 17.9 Å². The number of benzene rings is 1. The minimum Gasteiger partial charge on any atom is -0.384 e. The van der Waals surface area contributed by atoms with E-state index in [-0.39, 0.29) is 5.69 Å². The van der Waals surface area contributed by atoms with Gasteiger partial charge in [-0.15, -0.1) is 0 Å². The van der Waals surface area contributed by atoms with Gasteiger partial charge < -0.3 is 10.1 Å². The van der Waals surface area contributed by atoms with Crippen molar-refractivity contribution >= 4 is 21.6 Å². The molecule has 0 radical (unpaired) electrons. The molecule has 6 heteroatoms. The lowest BCUT2D eigenvalue weighted by Crippen LogP contribution is -2.12. The molecule has 108 valence electrons. The standard InChI is InChI=1S/C13H17BrF3NO/c1-2-7-19-8-3-6-18-12-9-10(14)4-5-11(12)13(15,16)17/h4-5,9,18H,2-3,6-8H2,1H3. The normalized spacial score (nSPS) is 11.6. The summed E-state index contributed by atoms with van der Waals surface area (Å²) in [6, 6.07) is 3.90. The lowest BCUT2D eigenvalue weighted by atomic mass is 10.1. The SMILES string of the molecule is CCCOCCCNc1cc(Br)ccc1C(F)(F)F. The third-order valence-electron chi connectivity index (χ3n) is 2.42. The zero-order valence-electron chi connectivity index (χ0n) is 10.7. The van der Waals surface area contributed by atoms with Crippen LogP contribution in [0.25, 0.3) is 0 Å². The van der Waals surface area contributed by atoms with E-state index in [1.54, 1.807) is 0 Å². The second kappa shape index (κ2) is 7.75. The highest BCUT2D eigenvalue weighted by Crippen LogP contribution is 2.36. The van der Waals surface area contributed by atoms with Crippen LogP contribution in [0.3, 0.4) is 0 Å². The lowest BCUT2D eigenvalue weighted by Gasteiger charge is -2.15. The van der Waals surface area contributed by atoms with E-state index >= 15 is 0 Å². The van der Waals surface area contributed by atoms with Crippen LogP contribution in [0.1, 0.15) is 25.3 Å². The first-order valence-electron chi connectivity index (χ1n) is 6.13. The number of alkyl halides is 3. The molecule has 1 aromatic rings. The molecule has 0 fully saturated rings. The third-order valence-corrected chi connectivity index (χ3v) is 2.91. The summed E-state index contributed by atoms with van der Waals surface area (Å²) >= 11 is 3.17. The molecule has 0 amide bonds. The minimum absolute atomic E-state index is 0.0948. The largest absolute Gasteiger partial charge is 0.418 e. The Bertz CT molecular complexity index is 396. The highest BCUT2D eigenvalue weighted by atomic mass is 79.9. The monoisotopic (exact) mass is 339 g/mol. The van der Waals surface area contributed by atoms with Crippen molar-refractivity contribution in [1.82, 2.24) is 0 Å². The second-order valence-electron chi connectivity index (χ2n) is 4.08. The summed E-state index contributed by atoms with van der Waals surface area (Å²) in [5.74, 6) is 0.